The summed E-state index contributed by atoms with van der Waals surface area (Å²) in [6, 6.07) is 9.25. The van der Waals surface area contributed by atoms with Crippen molar-refractivity contribution in [1.29, 1.82) is 5.26 Å². The first-order valence-corrected chi connectivity index (χ1v) is 7.54. The van der Waals surface area contributed by atoms with E-state index in [0.717, 1.165) is 18.2 Å². The maximum atomic E-state index is 13.7. The smallest absolute Gasteiger partial charge is 0.422 e. The Morgan fingerprint density at radius 2 is 2.00 bits per heavy atom. The molecule has 4 nitrogen and oxygen atoms in total. The van der Waals surface area contributed by atoms with Crippen LogP contribution in [0.3, 0.4) is 0 Å². The second-order valence-electron chi connectivity index (χ2n) is 5.15. The number of carbonyl (C=O) groups is 1. The number of hydrogen-bond acceptors (Lipinski definition) is 3. The van der Waals surface area contributed by atoms with Crippen molar-refractivity contribution in [2.24, 2.45) is 0 Å². The predicted octanol–water partition coefficient (Wildman–Crippen LogP) is 4.47. The highest BCUT2D eigenvalue weighted by atomic mass is 35.5. The van der Waals surface area contributed by atoms with Crippen molar-refractivity contribution in [1.82, 2.24) is 0 Å². The predicted molar refractivity (Wildman–Crippen MR) is 86.5 cm³/mol. The minimum atomic E-state index is -4.54. The SMILES string of the molecule is N#Cc1cc(NC(=O)Cc2c(F)cccc2Cl)ccc1OCC(F)(F)F. The van der Waals surface area contributed by atoms with Crippen LogP contribution >= 0.6 is 11.6 Å². The summed E-state index contributed by atoms with van der Waals surface area (Å²) in [5, 5.41) is 11.5. The summed E-state index contributed by atoms with van der Waals surface area (Å²) in [4.78, 5) is 12.0. The van der Waals surface area contributed by atoms with Crippen LogP contribution < -0.4 is 10.1 Å². The maximum absolute atomic E-state index is 13.7. The van der Waals surface area contributed by atoms with Crippen LogP contribution in [0.15, 0.2) is 36.4 Å². The van der Waals surface area contributed by atoms with Crippen LogP contribution in [-0.2, 0) is 11.2 Å². The second kappa shape index (κ2) is 8.06. The summed E-state index contributed by atoms with van der Waals surface area (Å²) in [5.41, 5.74) is -0.0216. The standard InChI is InChI=1S/C17H11ClF4N2O2/c18-13-2-1-3-14(19)12(13)7-16(25)24-11-4-5-15(10(6-11)8-23)26-9-17(20,21)22/h1-6H,7,9H2,(H,24,25). The van der Waals surface area contributed by atoms with Gasteiger partial charge in [-0.1, -0.05) is 17.7 Å². The molecule has 0 radical (unpaired) electrons. The zero-order valence-electron chi connectivity index (χ0n) is 13.0. The molecule has 136 valence electrons. The molecular formula is C17H11ClF4N2O2. The monoisotopic (exact) mass is 386 g/mol. The number of alkyl halides is 3. The average molecular weight is 387 g/mol. The van der Waals surface area contributed by atoms with Gasteiger partial charge >= 0.3 is 6.18 Å². The van der Waals surface area contributed by atoms with E-state index in [9.17, 15) is 22.4 Å². The summed E-state index contributed by atoms with van der Waals surface area (Å²) >= 11 is 5.85. The van der Waals surface area contributed by atoms with Gasteiger partial charge < -0.3 is 10.1 Å². The number of hydrogen-bond donors (Lipinski definition) is 1. The largest absolute Gasteiger partial charge is 0.483 e. The van der Waals surface area contributed by atoms with E-state index in [1.54, 1.807) is 6.07 Å². The molecule has 0 atom stereocenters. The number of anilines is 1. The van der Waals surface area contributed by atoms with Crippen LogP contribution in [0.2, 0.25) is 5.02 Å². The van der Waals surface area contributed by atoms with Gasteiger partial charge in [0.1, 0.15) is 17.6 Å². The Balaban J connectivity index is 2.10. The number of amides is 1. The quantitative estimate of drug-likeness (QED) is 0.771. The van der Waals surface area contributed by atoms with Crippen molar-refractivity contribution in [3.05, 3.63) is 58.4 Å². The highest BCUT2D eigenvalue weighted by Gasteiger charge is 2.28. The summed E-state index contributed by atoms with van der Waals surface area (Å²) in [6.45, 7) is -1.54. The molecule has 0 unspecified atom stereocenters. The lowest BCUT2D eigenvalue weighted by molar-refractivity contribution is -0.153. The van der Waals surface area contributed by atoms with Crippen molar-refractivity contribution in [2.45, 2.75) is 12.6 Å². The first kappa shape index (κ1) is 19.5. The molecule has 2 aromatic carbocycles. The number of halogens is 5. The molecule has 0 heterocycles. The third kappa shape index (κ3) is 5.36. The van der Waals surface area contributed by atoms with Crippen molar-refractivity contribution < 1.29 is 27.1 Å². The van der Waals surface area contributed by atoms with Gasteiger partial charge in [-0.25, -0.2) is 4.39 Å². The van der Waals surface area contributed by atoms with Crippen LogP contribution in [0.25, 0.3) is 0 Å². The molecule has 0 aromatic heterocycles. The minimum absolute atomic E-state index is 0.0114. The molecule has 0 aliphatic carbocycles. The van der Waals surface area contributed by atoms with E-state index < -0.39 is 24.5 Å². The fourth-order valence-corrected chi connectivity index (χ4v) is 2.28. The highest BCUT2D eigenvalue weighted by Crippen LogP contribution is 2.25. The van der Waals surface area contributed by atoms with E-state index in [1.165, 1.54) is 18.2 Å². The number of carbonyl (C=O) groups excluding carboxylic acids is 1. The van der Waals surface area contributed by atoms with E-state index >= 15 is 0 Å². The molecule has 26 heavy (non-hydrogen) atoms. The normalized spacial score (nSPS) is 10.9. The third-order valence-electron chi connectivity index (χ3n) is 3.17. The topological polar surface area (TPSA) is 62.1 Å². The van der Waals surface area contributed by atoms with E-state index in [0.29, 0.717) is 0 Å². The van der Waals surface area contributed by atoms with E-state index in [-0.39, 0.29) is 34.0 Å². The molecule has 2 aromatic rings. The Labute approximate surface area is 150 Å². The molecule has 2 rings (SSSR count). The molecule has 0 bridgehead atoms. The lowest BCUT2D eigenvalue weighted by Gasteiger charge is -2.12. The third-order valence-corrected chi connectivity index (χ3v) is 3.53. The van der Waals surface area contributed by atoms with Crippen LogP contribution in [-0.4, -0.2) is 18.7 Å². The van der Waals surface area contributed by atoms with Crippen LogP contribution in [0.1, 0.15) is 11.1 Å². The molecule has 1 N–H and O–H groups in total. The first-order chi connectivity index (χ1) is 12.2. The molecular weight excluding hydrogens is 376 g/mol. The fraction of sp³-hybridized carbons (Fsp3) is 0.176. The number of benzene rings is 2. The summed E-state index contributed by atoms with van der Waals surface area (Å²) in [5.74, 6) is -1.51. The van der Waals surface area contributed by atoms with Gasteiger partial charge in [-0.3, -0.25) is 4.79 Å². The Morgan fingerprint density at radius 1 is 1.27 bits per heavy atom. The lowest BCUT2D eigenvalue weighted by Crippen LogP contribution is -2.19. The molecule has 9 heteroatoms. The van der Waals surface area contributed by atoms with Crippen molar-refractivity contribution in [3.63, 3.8) is 0 Å². The molecule has 0 spiro atoms. The summed E-state index contributed by atoms with van der Waals surface area (Å²) in [6.07, 6.45) is -4.89. The van der Waals surface area contributed by atoms with E-state index in [2.05, 4.69) is 10.1 Å². The average Bonchev–Trinajstić information content (AvgIpc) is 2.56. The van der Waals surface area contributed by atoms with Gasteiger partial charge in [-0.05, 0) is 30.3 Å². The van der Waals surface area contributed by atoms with Gasteiger partial charge in [-0.2, -0.15) is 18.4 Å². The first-order valence-electron chi connectivity index (χ1n) is 7.16. The zero-order chi connectivity index (χ0) is 19.3. The van der Waals surface area contributed by atoms with Gasteiger partial charge in [0, 0.05) is 16.3 Å². The molecule has 0 saturated carbocycles. The Hall–Kier alpha value is -2.79. The Kier molecular flexibility index (Phi) is 6.05. The van der Waals surface area contributed by atoms with Crippen LogP contribution in [0, 0.1) is 17.1 Å². The van der Waals surface area contributed by atoms with Gasteiger partial charge in [0.15, 0.2) is 6.61 Å². The molecule has 0 saturated heterocycles. The van der Waals surface area contributed by atoms with Crippen LogP contribution in [0.4, 0.5) is 23.2 Å². The Morgan fingerprint density at radius 3 is 2.62 bits per heavy atom. The van der Waals surface area contributed by atoms with Gasteiger partial charge in [0.2, 0.25) is 5.91 Å². The van der Waals surface area contributed by atoms with E-state index in [4.69, 9.17) is 16.9 Å². The number of nitriles is 1. The molecule has 0 fully saturated rings. The van der Waals surface area contributed by atoms with Crippen molar-refractivity contribution in [2.75, 3.05) is 11.9 Å². The molecule has 0 aliphatic rings. The number of nitrogens with zero attached hydrogens (tertiary/aromatic N) is 1. The number of ether oxygens (including phenoxy) is 1. The van der Waals surface area contributed by atoms with Gasteiger partial charge in [0.25, 0.3) is 0 Å². The van der Waals surface area contributed by atoms with Gasteiger partial charge in [-0.15, -0.1) is 0 Å². The maximum Gasteiger partial charge on any atom is 0.422 e. The molecule has 0 aliphatic heterocycles. The summed E-state index contributed by atoms with van der Waals surface area (Å²) in [7, 11) is 0. The highest BCUT2D eigenvalue weighted by molar-refractivity contribution is 6.31. The van der Waals surface area contributed by atoms with Crippen LogP contribution in [0.5, 0.6) is 5.75 Å². The minimum Gasteiger partial charge on any atom is -0.483 e. The number of nitrogens with one attached hydrogen (secondary N) is 1. The Bertz CT molecular complexity index is 843. The summed E-state index contributed by atoms with van der Waals surface area (Å²) < 4.78 is 54.8. The molecule has 1 amide bonds. The number of rotatable bonds is 5. The second-order valence-corrected chi connectivity index (χ2v) is 5.56. The van der Waals surface area contributed by atoms with Gasteiger partial charge in [0.05, 0.1) is 12.0 Å². The fourth-order valence-electron chi connectivity index (χ4n) is 2.05. The van der Waals surface area contributed by atoms with Crippen molar-refractivity contribution >= 4 is 23.2 Å². The lowest BCUT2D eigenvalue weighted by atomic mass is 10.1. The van der Waals surface area contributed by atoms with Crippen molar-refractivity contribution in [3.8, 4) is 11.8 Å². The van der Waals surface area contributed by atoms with E-state index in [1.807, 2.05) is 0 Å². The zero-order valence-corrected chi connectivity index (χ0v) is 13.8.